The lowest BCUT2D eigenvalue weighted by molar-refractivity contribution is 0.243. The van der Waals surface area contributed by atoms with Gasteiger partial charge in [0.1, 0.15) is 0 Å². The van der Waals surface area contributed by atoms with Crippen molar-refractivity contribution in [3.8, 4) is 0 Å². The van der Waals surface area contributed by atoms with E-state index < -0.39 is 17.5 Å². The normalized spacial score (nSPS) is 14.9. The van der Waals surface area contributed by atoms with Gasteiger partial charge in [0.15, 0.2) is 17.5 Å². The second kappa shape index (κ2) is 5.32. The zero-order valence-corrected chi connectivity index (χ0v) is 9.10. The summed E-state index contributed by atoms with van der Waals surface area (Å²) in [6.45, 7) is 3.32. The fourth-order valence-electron chi connectivity index (χ4n) is 1.40. The molecule has 16 heavy (non-hydrogen) atoms. The molecule has 0 aliphatic carbocycles. The minimum Gasteiger partial charge on any atom is -0.395 e. The number of rotatable bonds is 4. The highest BCUT2D eigenvalue weighted by Crippen LogP contribution is 2.19. The third-order valence-electron chi connectivity index (χ3n) is 2.31. The van der Waals surface area contributed by atoms with Gasteiger partial charge in [-0.05, 0) is 31.5 Å². The molecule has 5 heteroatoms. The lowest BCUT2D eigenvalue weighted by atomic mass is 10.1. The first-order chi connectivity index (χ1) is 7.45. The number of benzene rings is 1. The lowest BCUT2D eigenvalue weighted by Gasteiger charge is -2.18. The van der Waals surface area contributed by atoms with Crippen LogP contribution in [-0.2, 0) is 0 Å². The molecule has 0 amide bonds. The second-order valence-electron chi connectivity index (χ2n) is 3.77. The molecule has 0 heterocycles. The van der Waals surface area contributed by atoms with E-state index in [-0.39, 0.29) is 18.7 Å². The monoisotopic (exact) mass is 233 g/mol. The van der Waals surface area contributed by atoms with Crippen molar-refractivity contribution in [3.63, 3.8) is 0 Å². The molecule has 0 fully saturated rings. The predicted octanol–water partition coefficient (Wildman–Crippen LogP) is 2.14. The van der Waals surface area contributed by atoms with Gasteiger partial charge in [-0.2, -0.15) is 0 Å². The van der Waals surface area contributed by atoms with E-state index in [0.29, 0.717) is 5.56 Å². The standard InChI is InChI=1S/C11H14F3NO/c1-6(5-16)15-7(2)8-3-9(12)11(14)10(13)4-8/h3-4,6-7,15-16H,5H2,1-2H3. The number of aliphatic hydroxyl groups excluding tert-OH is 1. The van der Waals surface area contributed by atoms with Gasteiger partial charge in [0, 0.05) is 12.1 Å². The third kappa shape index (κ3) is 2.96. The van der Waals surface area contributed by atoms with E-state index in [2.05, 4.69) is 5.32 Å². The molecule has 2 N–H and O–H groups in total. The van der Waals surface area contributed by atoms with Crippen LogP contribution in [-0.4, -0.2) is 17.8 Å². The van der Waals surface area contributed by atoms with Crippen LogP contribution in [0.2, 0.25) is 0 Å². The Hall–Kier alpha value is -1.07. The van der Waals surface area contributed by atoms with Crippen LogP contribution in [0.15, 0.2) is 12.1 Å². The van der Waals surface area contributed by atoms with Gasteiger partial charge in [0.2, 0.25) is 0 Å². The zero-order valence-electron chi connectivity index (χ0n) is 9.10. The molecule has 2 unspecified atom stereocenters. The Morgan fingerprint density at radius 3 is 2.12 bits per heavy atom. The Morgan fingerprint density at radius 2 is 1.69 bits per heavy atom. The minimum absolute atomic E-state index is 0.0868. The summed E-state index contributed by atoms with van der Waals surface area (Å²) in [7, 11) is 0. The van der Waals surface area contributed by atoms with E-state index in [4.69, 9.17) is 5.11 Å². The van der Waals surface area contributed by atoms with E-state index >= 15 is 0 Å². The topological polar surface area (TPSA) is 32.3 Å². The average Bonchev–Trinajstić information content (AvgIpc) is 2.24. The summed E-state index contributed by atoms with van der Waals surface area (Å²) in [6, 6.07) is 1.32. The van der Waals surface area contributed by atoms with Crippen molar-refractivity contribution in [3.05, 3.63) is 35.1 Å². The fourth-order valence-corrected chi connectivity index (χ4v) is 1.40. The minimum atomic E-state index is -1.47. The fraction of sp³-hybridized carbons (Fsp3) is 0.455. The van der Waals surface area contributed by atoms with Gasteiger partial charge in [-0.15, -0.1) is 0 Å². The van der Waals surface area contributed by atoms with Crippen molar-refractivity contribution in [2.45, 2.75) is 25.9 Å². The van der Waals surface area contributed by atoms with Gasteiger partial charge >= 0.3 is 0 Å². The van der Waals surface area contributed by atoms with E-state index in [1.54, 1.807) is 13.8 Å². The van der Waals surface area contributed by atoms with Crippen LogP contribution in [0.5, 0.6) is 0 Å². The molecule has 0 saturated heterocycles. The molecular formula is C11H14F3NO. The molecular weight excluding hydrogens is 219 g/mol. The van der Waals surface area contributed by atoms with Gasteiger partial charge in [-0.25, -0.2) is 13.2 Å². The number of halogens is 3. The second-order valence-corrected chi connectivity index (χ2v) is 3.77. The summed E-state index contributed by atoms with van der Waals surface area (Å²) < 4.78 is 38.5. The van der Waals surface area contributed by atoms with Crippen molar-refractivity contribution in [1.82, 2.24) is 5.32 Å². The van der Waals surface area contributed by atoms with Crippen molar-refractivity contribution >= 4 is 0 Å². The number of hydrogen-bond donors (Lipinski definition) is 2. The summed E-state index contributed by atoms with van der Waals surface area (Å²) in [5.74, 6) is -3.88. The predicted molar refractivity (Wildman–Crippen MR) is 54.4 cm³/mol. The first-order valence-corrected chi connectivity index (χ1v) is 4.97. The quantitative estimate of drug-likeness (QED) is 0.781. The van der Waals surface area contributed by atoms with Crippen LogP contribution in [0.3, 0.4) is 0 Å². The number of nitrogens with one attached hydrogen (secondary N) is 1. The van der Waals surface area contributed by atoms with Gasteiger partial charge < -0.3 is 10.4 Å². The Bertz CT molecular complexity index is 347. The van der Waals surface area contributed by atoms with Crippen LogP contribution in [0, 0.1) is 17.5 Å². The Morgan fingerprint density at radius 1 is 1.19 bits per heavy atom. The summed E-state index contributed by atoms with van der Waals surface area (Å²) in [5, 5.41) is 11.7. The van der Waals surface area contributed by atoms with Gasteiger partial charge in [0.25, 0.3) is 0 Å². The molecule has 0 saturated carbocycles. The van der Waals surface area contributed by atoms with Crippen LogP contribution in [0.4, 0.5) is 13.2 Å². The number of aliphatic hydroxyl groups is 1. The van der Waals surface area contributed by atoms with E-state index in [1.165, 1.54) is 0 Å². The van der Waals surface area contributed by atoms with E-state index in [9.17, 15) is 13.2 Å². The Kier molecular flexibility index (Phi) is 4.32. The summed E-state index contributed by atoms with van der Waals surface area (Å²) in [5.41, 5.74) is 0.303. The van der Waals surface area contributed by atoms with Crippen molar-refractivity contribution in [2.24, 2.45) is 0 Å². The van der Waals surface area contributed by atoms with Crippen molar-refractivity contribution in [1.29, 1.82) is 0 Å². The highest BCUT2D eigenvalue weighted by Gasteiger charge is 2.15. The molecule has 2 nitrogen and oxygen atoms in total. The summed E-state index contributed by atoms with van der Waals surface area (Å²) >= 11 is 0. The highest BCUT2D eigenvalue weighted by atomic mass is 19.2. The molecule has 0 bridgehead atoms. The summed E-state index contributed by atoms with van der Waals surface area (Å²) in [4.78, 5) is 0. The van der Waals surface area contributed by atoms with Gasteiger partial charge in [-0.1, -0.05) is 0 Å². The van der Waals surface area contributed by atoms with Crippen molar-refractivity contribution < 1.29 is 18.3 Å². The van der Waals surface area contributed by atoms with E-state index in [0.717, 1.165) is 12.1 Å². The third-order valence-corrected chi connectivity index (χ3v) is 2.31. The van der Waals surface area contributed by atoms with Gasteiger partial charge in [0.05, 0.1) is 6.61 Å². The molecule has 1 aromatic rings. The molecule has 0 aromatic heterocycles. The Balaban J connectivity index is 2.88. The molecule has 90 valence electrons. The maximum absolute atomic E-state index is 12.9. The highest BCUT2D eigenvalue weighted by molar-refractivity contribution is 5.22. The number of hydrogen-bond acceptors (Lipinski definition) is 2. The Labute approximate surface area is 92.1 Å². The maximum atomic E-state index is 12.9. The molecule has 0 spiro atoms. The first-order valence-electron chi connectivity index (χ1n) is 4.97. The smallest absolute Gasteiger partial charge is 0.194 e. The molecule has 0 aliphatic heterocycles. The molecule has 0 aliphatic rings. The molecule has 2 atom stereocenters. The average molecular weight is 233 g/mol. The van der Waals surface area contributed by atoms with Crippen LogP contribution in [0.1, 0.15) is 25.5 Å². The molecule has 1 rings (SSSR count). The first kappa shape index (κ1) is 13.0. The zero-order chi connectivity index (χ0) is 12.3. The lowest BCUT2D eigenvalue weighted by Crippen LogP contribution is -2.31. The van der Waals surface area contributed by atoms with Gasteiger partial charge in [-0.3, -0.25) is 0 Å². The molecule has 0 radical (unpaired) electrons. The summed E-state index contributed by atoms with van der Waals surface area (Å²) in [6.07, 6.45) is 0. The SMILES string of the molecule is CC(CO)NC(C)c1cc(F)c(F)c(F)c1. The van der Waals surface area contributed by atoms with Crippen LogP contribution in [0.25, 0.3) is 0 Å². The van der Waals surface area contributed by atoms with Crippen molar-refractivity contribution in [2.75, 3.05) is 6.61 Å². The van der Waals surface area contributed by atoms with Crippen LogP contribution >= 0.6 is 0 Å². The largest absolute Gasteiger partial charge is 0.395 e. The maximum Gasteiger partial charge on any atom is 0.194 e. The van der Waals surface area contributed by atoms with Crippen LogP contribution < -0.4 is 5.32 Å². The van der Waals surface area contributed by atoms with E-state index in [1.807, 2.05) is 0 Å². The molecule has 1 aromatic carbocycles.